The molecule has 0 nitrogen and oxygen atoms in total. The van der Waals surface area contributed by atoms with Crippen molar-refractivity contribution in [3.63, 3.8) is 0 Å². The SMILES string of the molecule is S=C1C(=CC2=Cc3sc4c(c3C23CCCCC3)C2(CCCCC2)c2c-4sc3c2C2(CCCCC2)C(C=C2C(=S)c4ccccc4C2=S)=C3)C(=S)c2ccccc21. The van der Waals surface area contributed by atoms with Crippen molar-refractivity contribution in [3.8, 4) is 9.75 Å². The van der Waals surface area contributed by atoms with Crippen molar-refractivity contribution >= 4 is 103 Å². The Hall–Kier alpha value is -2.84. The molecule has 0 bridgehead atoms. The van der Waals surface area contributed by atoms with E-state index in [1.165, 1.54) is 117 Å². The summed E-state index contributed by atoms with van der Waals surface area (Å²) in [6.07, 6.45) is 29.3. The molecule has 0 saturated heterocycles. The van der Waals surface area contributed by atoms with Crippen molar-refractivity contribution in [2.24, 2.45) is 0 Å². The van der Waals surface area contributed by atoms with Crippen molar-refractivity contribution in [1.29, 1.82) is 0 Å². The Labute approximate surface area is 359 Å². The van der Waals surface area contributed by atoms with Crippen molar-refractivity contribution < 1.29 is 0 Å². The van der Waals surface area contributed by atoms with E-state index in [0.717, 1.165) is 52.9 Å². The lowest BCUT2D eigenvalue weighted by Crippen LogP contribution is -2.37. The number of hydrogen-bond donors (Lipinski definition) is 0. The third kappa shape index (κ3) is 4.50. The fraction of sp³-hybridized carbons (Fsp3) is 0.360. The quantitative estimate of drug-likeness (QED) is 0.146. The molecule has 2 aromatic heterocycles. The summed E-state index contributed by atoms with van der Waals surface area (Å²) >= 11 is 28.9. The Morgan fingerprint density at radius 1 is 0.411 bits per heavy atom. The molecule has 0 N–H and O–H groups in total. The molecular weight excluding hydrogens is 793 g/mol. The van der Waals surface area contributed by atoms with Crippen molar-refractivity contribution in [2.45, 2.75) is 113 Å². The number of rotatable bonds is 2. The smallest absolute Gasteiger partial charge is 0.0543 e. The molecule has 0 amide bonds. The Morgan fingerprint density at radius 3 is 1.07 bits per heavy atom. The molecular formula is C50H42S6. The number of allylic oxidation sites excluding steroid dienone is 6. The Balaban J connectivity index is 1.03. The molecule has 3 saturated carbocycles. The number of thiocarbonyl (C=S) groups is 4. The Morgan fingerprint density at radius 2 is 0.732 bits per heavy atom. The standard InChI is InChI=1S/C50H42S6/c51-42-30-14-4-5-15-31(30)43(52)34(42)24-28-26-36-38(48(28)18-8-1-9-19-48)40-46(55-36)47-41(50(40)22-12-3-13-23-50)39-37(56-47)27-29(49(39)20-10-2-11-21-49)25-35-44(53)32-16-6-7-17-33(32)45(35)54/h4-7,14-17,24-27H,1-3,8-13,18-23H2. The van der Waals surface area contributed by atoms with E-state index >= 15 is 0 Å². The fourth-order valence-corrected chi connectivity index (χ4v) is 17.3. The summed E-state index contributed by atoms with van der Waals surface area (Å²) in [4.78, 5) is 10.00. The van der Waals surface area contributed by atoms with Gasteiger partial charge in [0, 0.05) is 69.2 Å². The van der Waals surface area contributed by atoms with Gasteiger partial charge in [-0.15, -0.1) is 22.7 Å². The van der Waals surface area contributed by atoms with Crippen LogP contribution in [0.5, 0.6) is 0 Å². The molecule has 278 valence electrons. The molecule has 6 heteroatoms. The minimum Gasteiger partial charge on any atom is -0.134 e. The van der Waals surface area contributed by atoms with Gasteiger partial charge in [-0.1, -0.05) is 155 Å². The van der Waals surface area contributed by atoms with Gasteiger partial charge in [0.15, 0.2) is 0 Å². The van der Waals surface area contributed by atoms with Crippen molar-refractivity contribution in [2.75, 3.05) is 0 Å². The van der Waals surface area contributed by atoms with Crippen LogP contribution in [0.15, 0.2) is 83.0 Å². The highest BCUT2D eigenvalue weighted by Gasteiger charge is 2.58. The summed E-state index contributed by atoms with van der Waals surface area (Å²) in [5.74, 6) is 0. The minimum atomic E-state index is 0.0334. The maximum absolute atomic E-state index is 6.16. The molecule has 0 radical (unpaired) electrons. The molecule has 3 spiro atoms. The predicted molar refractivity (Wildman–Crippen MR) is 253 cm³/mol. The summed E-state index contributed by atoms with van der Waals surface area (Å²) in [5.41, 5.74) is 16.7. The Bertz CT molecular complexity index is 2390. The van der Waals surface area contributed by atoms with Gasteiger partial charge in [-0.3, -0.25) is 0 Å². The van der Waals surface area contributed by atoms with Gasteiger partial charge in [0.1, 0.15) is 0 Å². The van der Waals surface area contributed by atoms with Crippen LogP contribution in [-0.4, -0.2) is 19.5 Å². The highest BCUT2D eigenvalue weighted by atomic mass is 32.1. The van der Waals surface area contributed by atoms with Gasteiger partial charge in [-0.2, -0.15) is 0 Å². The van der Waals surface area contributed by atoms with Gasteiger partial charge >= 0.3 is 0 Å². The monoisotopic (exact) mass is 834 g/mol. The van der Waals surface area contributed by atoms with Crippen LogP contribution in [0.3, 0.4) is 0 Å². The lowest BCUT2D eigenvalue weighted by Gasteiger charge is -2.44. The maximum Gasteiger partial charge on any atom is 0.0543 e. The van der Waals surface area contributed by atoms with Crippen LogP contribution < -0.4 is 0 Å². The zero-order valence-corrected chi connectivity index (χ0v) is 36.4. The van der Waals surface area contributed by atoms with Gasteiger partial charge in [0.05, 0.1) is 19.5 Å². The van der Waals surface area contributed by atoms with E-state index in [-0.39, 0.29) is 16.2 Å². The summed E-state index contributed by atoms with van der Waals surface area (Å²) < 4.78 is 0. The van der Waals surface area contributed by atoms with Gasteiger partial charge in [-0.25, -0.2) is 0 Å². The fourth-order valence-electron chi connectivity index (χ4n) is 12.8. The second-order valence-electron chi connectivity index (χ2n) is 17.7. The second kappa shape index (κ2) is 12.6. The van der Waals surface area contributed by atoms with E-state index in [1.807, 2.05) is 0 Å². The minimum absolute atomic E-state index is 0.0334. The first kappa shape index (κ1) is 35.1. The van der Waals surface area contributed by atoms with E-state index in [0.29, 0.717) is 0 Å². The largest absolute Gasteiger partial charge is 0.134 e. The van der Waals surface area contributed by atoms with Crippen LogP contribution in [0.1, 0.15) is 151 Å². The molecule has 2 aromatic carbocycles. The van der Waals surface area contributed by atoms with Gasteiger partial charge in [0.2, 0.25) is 0 Å². The van der Waals surface area contributed by atoms with Gasteiger partial charge in [-0.05, 0) is 96.2 Å². The van der Waals surface area contributed by atoms with Crippen LogP contribution >= 0.6 is 71.5 Å². The second-order valence-corrected chi connectivity index (χ2v) is 21.5. The highest BCUT2D eigenvalue weighted by Crippen LogP contribution is 2.71. The molecule has 56 heavy (non-hydrogen) atoms. The topological polar surface area (TPSA) is 0 Å². The van der Waals surface area contributed by atoms with Crippen molar-refractivity contribution in [1.82, 2.24) is 0 Å². The molecule has 4 aromatic rings. The predicted octanol–water partition coefficient (Wildman–Crippen LogP) is 14.4. The highest BCUT2D eigenvalue weighted by molar-refractivity contribution is 7.84. The number of fused-ring (bicyclic) bond motifs is 13. The van der Waals surface area contributed by atoms with Crippen LogP contribution in [0.25, 0.3) is 21.9 Å². The molecule has 2 heterocycles. The average molecular weight is 835 g/mol. The molecule has 12 rings (SSSR count). The van der Waals surface area contributed by atoms with Gasteiger partial charge < -0.3 is 0 Å². The number of benzene rings is 2. The van der Waals surface area contributed by atoms with E-state index in [9.17, 15) is 0 Å². The lowest BCUT2D eigenvalue weighted by atomic mass is 9.58. The Kier molecular flexibility index (Phi) is 7.89. The van der Waals surface area contributed by atoms with Crippen LogP contribution in [0.2, 0.25) is 0 Å². The first-order chi connectivity index (χ1) is 27.4. The molecule has 0 unspecified atom stereocenters. The first-order valence-corrected chi connectivity index (χ1v) is 24.2. The average Bonchev–Trinajstić information content (AvgIpc) is 4.06. The molecule has 0 aliphatic heterocycles. The maximum atomic E-state index is 6.16. The third-order valence-corrected chi connectivity index (χ3v) is 19.4. The molecule has 3 fully saturated rings. The molecule has 8 aliphatic rings. The number of thiophene rings is 2. The third-order valence-electron chi connectivity index (χ3n) is 15.2. The first-order valence-electron chi connectivity index (χ1n) is 21.0. The van der Waals surface area contributed by atoms with E-state index in [2.05, 4.69) is 95.5 Å². The summed E-state index contributed by atoms with van der Waals surface area (Å²) in [6.45, 7) is 0. The van der Waals surface area contributed by atoms with Crippen LogP contribution in [-0.2, 0) is 16.2 Å². The molecule has 8 aliphatic carbocycles. The van der Waals surface area contributed by atoms with Crippen LogP contribution in [0, 0.1) is 0 Å². The van der Waals surface area contributed by atoms with E-state index in [4.69, 9.17) is 48.9 Å². The van der Waals surface area contributed by atoms with E-state index in [1.54, 1.807) is 32.0 Å². The number of hydrogen-bond acceptors (Lipinski definition) is 6. The zero-order chi connectivity index (χ0) is 37.6. The van der Waals surface area contributed by atoms with Gasteiger partial charge in [0.25, 0.3) is 0 Å². The van der Waals surface area contributed by atoms with E-state index < -0.39 is 0 Å². The normalized spacial score (nSPS) is 23.0. The zero-order valence-electron chi connectivity index (χ0n) is 31.5. The lowest BCUT2D eigenvalue weighted by molar-refractivity contribution is 0.313. The van der Waals surface area contributed by atoms with Crippen molar-refractivity contribution in [3.05, 3.63) is 137 Å². The summed E-state index contributed by atoms with van der Waals surface area (Å²) in [7, 11) is 0. The molecule has 0 atom stereocenters. The summed E-state index contributed by atoms with van der Waals surface area (Å²) in [5, 5.41) is 0. The summed E-state index contributed by atoms with van der Waals surface area (Å²) in [6, 6.07) is 17.0. The van der Waals surface area contributed by atoms with Crippen LogP contribution in [0.4, 0.5) is 0 Å².